The van der Waals surface area contributed by atoms with E-state index >= 15 is 0 Å². The number of hydrogen-bond acceptors (Lipinski definition) is 4. The maximum absolute atomic E-state index is 13.3. The van der Waals surface area contributed by atoms with Crippen molar-refractivity contribution < 1.29 is 13.6 Å². The topological polar surface area (TPSA) is 57.3 Å². The number of amides is 1. The highest BCUT2D eigenvalue weighted by Gasteiger charge is 2.10. The van der Waals surface area contributed by atoms with Crippen molar-refractivity contribution in [2.75, 3.05) is 28.6 Å². The summed E-state index contributed by atoms with van der Waals surface area (Å²) in [6.07, 6.45) is 1.49. The highest BCUT2D eigenvalue weighted by molar-refractivity contribution is 6.04. The lowest BCUT2D eigenvalue weighted by molar-refractivity contribution is 0.102. The van der Waals surface area contributed by atoms with E-state index in [1.807, 2.05) is 24.3 Å². The van der Waals surface area contributed by atoms with Crippen LogP contribution in [0.1, 0.15) is 24.2 Å². The molecule has 0 aliphatic rings. The standard InChI is InChI=1S/C22H22F2N4O/c1-3-28(4-2)18-9-6-16(7-10-18)26-21-12-8-17(14-25-21)27-22(29)15-5-11-19(23)20(24)13-15/h5-14H,3-4H2,1-2H3,(H,25,26)(H,27,29). The van der Waals surface area contributed by atoms with E-state index < -0.39 is 17.5 Å². The maximum atomic E-state index is 13.3. The summed E-state index contributed by atoms with van der Waals surface area (Å²) in [6, 6.07) is 14.5. The van der Waals surface area contributed by atoms with Crippen molar-refractivity contribution in [2.24, 2.45) is 0 Å². The number of aromatic nitrogens is 1. The van der Waals surface area contributed by atoms with E-state index in [9.17, 15) is 13.6 Å². The molecular weight excluding hydrogens is 374 g/mol. The molecule has 0 fully saturated rings. The molecule has 5 nitrogen and oxygen atoms in total. The minimum absolute atomic E-state index is 0.0272. The maximum Gasteiger partial charge on any atom is 0.255 e. The number of benzene rings is 2. The van der Waals surface area contributed by atoms with Crippen LogP contribution < -0.4 is 15.5 Å². The number of carbonyl (C=O) groups is 1. The predicted molar refractivity (Wildman–Crippen MR) is 112 cm³/mol. The summed E-state index contributed by atoms with van der Waals surface area (Å²) in [6.45, 7) is 6.13. The van der Waals surface area contributed by atoms with Crippen LogP contribution in [-0.2, 0) is 0 Å². The zero-order chi connectivity index (χ0) is 20.8. The first-order valence-electron chi connectivity index (χ1n) is 9.34. The Morgan fingerprint density at radius 2 is 1.62 bits per heavy atom. The van der Waals surface area contributed by atoms with E-state index in [-0.39, 0.29) is 5.56 Å². The fraction of sp³-hybridized carbons (Fsp3) is 0.182. The Morgan fingerprint density at radius 3 is 2.21 bits per heavy atom. The van der Waals surface area contributed by atoms with Gasteiger partial charge in [-0.25, -0.2) is 13.8 Å². The average Bonchev–Trinajstić information content (AvgIpc) is 2.73. The van der Waals surface area contributed by atoms with E-state index in [4.69, 9.17) is 0 Å². The Balaban J connectivity index is 1.62. The summed E-state index contributed by atoms with van der Waals surface area (Å²) in [7, 11) is 0. The SMILES string of the molecule is CCN(CC)c1ccc(Nc2ccc(NC(=O)c3ccc(F)c(F)c3)cn2)cc1. The lowest BCUT2D eigenvalue weighted by Crippen LogP contribution is -2.21. The number of nitrogens with zero attached hydrogens (tertiary/aromatic N) is 2. The second-order valence-electron chi connectivity index (χ2n) is 6.36. The Kier molecular flexibility index (Phi) is 6.39. The first-order valence-corrected chi connectivity index (χ1v) is 9.34. The van der Waals surface area contributed by atoms with Gasteiger partial charge in [0.25, 0.3) is 5.91 Å². The fourth-order valence-corrected chi connectivity index (χ4v) is 2.87. The Hall–Kier alpha value is -3.48. The normalized spacial score (nSPS) is 10.5. The van der Waals surface area contributed by atoms with Crippen molar-refractivity contribution >= 4 is 28.8 Å². The van der Waals surface area contributed by atoms with Crippen LogP contribution in [0.25, 0.3) is 0 Å². The van der Waals surface area contributed by atoms with Gasteiger partial charge < -0.3 is 15.5 Å². The van der Waals surface area contributed by atoms with Crippen molar-refractivity contribution in [1.82, 2.24) is 4.98 Å². The number of rotatable bonds is 7. The minimum Gasteiger partial charge on any atom is -0.372 e. The van der Waals surface area contributed by atoms with Crippen LogP contribution >= 0.6 is 0 Å². The molecule has 1 amide bonds. The predicted octanol–water partition coefficient (Wildman–Crippen LogP) is 5.20. The van der Waals surface area contributed by atoms with Gasteiger partial charge in [-0.05, 0) is 68.4 Å². The van der Waals surface area contributed by atoms with E-state index in [1.165, 1.54) is 12.3 Å². The zero-order valence-electron chi connectivity index (χ0n) is 16.2. The number of nitrogens with one attached hydrogen (secondary N) is 2. The van der Waals surface area contributed by atoms with Gasteiger partial charge in [-0.3, -0.25) is 4.79 Å². The molecule has 3 rings (SSSR count). The monoisotopic (exact) mass is 396 g/mol. The van der Waals surface area contributed by atoms with Gasteiger partial charge in [0.2, 0.25) is 0 Å². The summed E-state index contributed by atoms with van der Waals surface area (Å²) in [5.74, 6) is -1.99. The third-order valence-electron chi connectivity index (χ3n) is 4.47. The first-order chi connectivity index (χ1) is 14.0. The van der Waals surface area contributed by atoms with E-state index in [0.717, 1.165) is 36.6 Å². The zero-order valence-corrected chi connectivity index (χ0v) is 16.2. The van der Waals surface area contributed by atoms with E-state index in [2.05, 4.69) is 34.4 Å². The molecule has 3 aromatic rings. The Morgan fingerprint density at radius 1 is 0.931 bits per heavy atom. The van der Waals surface area contributed by atoms with E-state index in [0.29, 0.717) is 11.5 Å². The van der Waals surface area contributed by atoms with Gasteiger partial charge in [0.05, 0.1) is 11.9 Å². The molecule has 0 bridgehead atoms. The molecule has 0 radical (unpaired) electrons. The molecule has 29 heavy (non-hydrogen) atoms. The highest BCUT2D eigenvalue weighted by Crippen LogP contribution is 2.21. The third-order valence-corrected chi connectivity index (χ3v) is 4.47. The second-order valence-corrected chi connectivity index (χ2v) is 6.36. The van der Waals surface area contributed by atoms with Crippen LogP contribution in [0.4, 0.5) is 31.7 Å². The molecule has 0 aliphatic heterocycles. The minimum atomic E-state index is -1.07. The third kappa shape index (κ3) is 5.07. The van der Waals surface area contributed by atoms with Gasteiger partial charge in [0.15, 0.2) is 11.6 Å². The molecule has 0 saturated carbocycles. The van der Waals surface area contributed by atoms with Gasteiger partial charge in [0.1, 0.15) is 5.82 Å². The molecule has 2 aromatic carbocycles. The number of anilines is 4. The lowest BCUT2D eigenvalue weighted by Gasteiger charge is -2.21. The fourth-order valence-electron chi connectivity index (χ4n) is 2.87. The first kappa shape index (κ1) is 20.3. The number of hydrogen-bond donors (Lipinski definition) is 2. The van der Waals surface area contributed by atoms with Crippen LogP contribution in [-0.4, -0.2) is 24.0 Å². The summed E-state index contributed by atoms with van der Waals surface area (Å²) in [5, 5.41) is 5.80. The van der Waals surface area contributed by atoms with Gasteiger partial charge in [-0.2, -0.15) is 0 Å². The summed E-state index contributed by atoms with van der Waals surface area (Å²) in [4.78, 5) is 18.7. The average molecular weight is 396 g/mol. The molecule has 0 saturated heterocycles. The molecule has 0 unspecified atom stereocenters. The Bertz CT molecular complexity index is 971. The van der Waals surface area contributed by atoms with Crippen molar-refractivity contribution in [1.29, 1.82) is 0 Å². The molecule has 0 spiro atoms. The molecule has 7 heteroatoms. The van der Waals surface area contributed by atoms with Crippen molar-refractivity contribution in [3.05, 3.63) is 78.0 Å². The molecule has 1 aromatic heterocycles. The quantitative estimate of drug-likeness (QED) is 0.576. The van der Waals surface area contributed by atoms with Crippen molar-refractivity contribution in [3.63, 3.8) is 0 Å². The lowest BCUT2D eigenvalue weighted by atomic mass is 10.2. The Labute approximate surface area is 168 Å². The highest BCUT2D eigenvalue weighted by atomic mass is 19.2. The molecule has 0 atom stereocenters. The van der Waals surface area contributed by atoms with Crippen molar-refractivity contribution in [3.8, 4) is 0 Å². The van der Waals surface area contributed by atoms with Gasteiger partial charge in [0, 0.05) is 30.0 Å². The number of halogens is 2. The van der Waals surface area contributed by atoms with Crippen LogP contribution in [0.15, 0.2) is 60.8 Å². The molecule has 0 aliphatic carbocycles. The van der Waals surface area contributed by atoms with Crippen LogP contribution in [0.5, 0.6) is 0 Å². The summed E-state index contributed by atoms with van der Waals surface area (Å²) < 4.78 is 26.3. The van der Waals surface area contributed by atoms with Crippen LogP contribution in [0, 0.1) is 11.6 Å². The molecule has 150 valence electrons. The smallest absolute Gasteiger partial charge is 0.255 e. The van der Waals surface area contributed by atoms with Gasteiger partial charge >= 0.3 is 0 Å². The van der Waals surface area contributed by atoms with Crippen LogP contribution in [0.3, 0.4) is 0 Å². The van der Waals surface area contributed by atoms with Gasteiger partial charge in [-0.1, -0.05) is 0 Å². The van der Waals surface area contributed by atoms with E-state index in [1.54, 1.807) is 12.1 Å². The molecular formula is C22H22F2N4O. The number of carbonyl (C=O) groups excluding carboxylic acids is 1. The number of pyridine rings is 1. The largest absolute Gasteiger partial charge is 0.372 e. The van der Waals surface area contributed by atoms with Gasteiger partial charge in [-0.15, -0.1) is 0 Å². The summed E-state index contributed by atoms with van der Waals surface area (Å²) in [5.41, 5.74) is 2.53. The molecule has 1 heterocycles. The summed E-state index contributed by atoms with van der Waals surface area (Å²) >= 11 is 0. The van der Waals surface area contributed by atoms with Crippen molar-refractivity contribution in [2.45, 2.75) is 13.8 Å². The second kappa shape index (κ2) is 9.14. The molecule has 2 N–H and O–H groups in total. The van der Waals surface area contributed by atoms with Crippen LogP contribution in [0.2, 0.25) is 0 Å².